The lowest BCUT2D eigenvalue weighted by Gasteiger charge is -2.24. The van der Waals surface area contributed by atoms with E-state index in [1.165, 1.54) is 0 Å². The number of aromatic nitrogens is 1. The lowest BCUT2D eigenvalue weighted by atomic mass is 9.80. The number of primary amides is 1. The van der Waals surface area contributed by atoms with E-state index in [1.807, 2.05) is 11.5 Å². The fourth-order valence-electron chi connectivity index (χ4n) is 3.36. The third-order valence-corrected chi connectivity index (χ3v) is 4.74. The summed E-state index contributed by atoms with van der Waals surface area (Å²) < 4.78 is 7.29. The maximum absolute atomic E-state index is 12.7. The Hall–Kier alpha value is -2.50. The molecule has 0 atom stereocenters. The van der Waals surface area contributed by atoms with Crippen LogP contribution in [0.15, 0.2) is 12.1 Å². The van der Waals surface area contributed by atoms with Crippen molar-refractivity contribution in [1.82, 2.24) is 4.57 Å². The molecule has 1 heterocycles. The monoisotopic (exact) mass is 360 g/mol. The van der Waals surface area contributed by atoms with E-state index in [0.29, 0.717) is 29.0 Å². The van der Waals surface area contributed by atoms with Gasteiger partial charge in [0.05, 0.1) is 17.6 Å². The van der Waals surface area contributed by atoms with Gasteiger partial charge in [-0.3, -0.25) is 4.79 Å². The first kappa shape index (κ1) is 19.8. The maximum Gasteiger partial charge on any atom is 0.340 e. The van der Waals surface area contributed by atoms with E-state index in [-0.39, 0.29) is 12.4 Å². The number of phenols is 1. The minimum Gasteiger partial charge on any atom is -0.508 e. The fourth-order valence-corrected chi connectivity index (χ4v) is 3.36. The molecule has 6 heteroatoms. The number of esters is 1. The van der Waals surface area contributed by atoms with E-state index in [0.717, 1.165) is 11.2 Å². The van der Waals surface area contributed by atoms with Gasteiger partial charge in [0, 0.05) is 28.7 Å². The first-order valence-corrected chi connectivity index (χ1v) is 8.86. The number of nitrogens with two attached hydrogens (primary N) is 1. The highest BCUT2D eigenvalue weighted by Crippen LogP contribution is 2.41. The highest BCUT2D eigenvalue weighted by molar-refractivity contribution is 6.10. The number of amides is 1. The van der Waals surface area contributed by atoms with Crippen LogP contribution >= 0.6 is 0 Å². The molecule has 2 aromatic rings. The van der Waals surface area contributed by atoms with Gasteiger partial charge in [0.2, 0.25) is 5.91 Å². The number of ether oxygens (including phenoxy) is 1. The molecule has 0 radical (unpaired) electrons. The molecule has 0 saturated carbocycles. The van der Waals surface area contributed by atoms with Crippen molar-refractivity contribution in [3.05, 3.63) is 29.0 Å². The number of fused-ring (bicyclic) bond motifs is 1. The molecule has 0 bridgehead atoms. The Kier molecular flexibility index (Phi) is 5.35. The second-order valence-corrected chi connectivity index (χ2v) is 7.53. The Morgan fingerprint density at radius 1 is 1.31 bits per heavy atom. The molecule has 0 unspecified atom stereocenters. The van der Waals surface area contributed by atoms with Crippen LogP contribution in [-0.4, -0.2) is 28.2 Å². The van der Waals surface area contributed by atoms with Crippen molar-refractivity contribution >= 4 is 22.8 Å². The van der Waals surface area contributed by atoms with Gasteiger partial charge >= 0.3 is 5.97 Å². The van der Waals surface area contributed by atoms with Crippen molar-refractivity contribution in [3.63, 3.8) is 0 Å². The first-order chi connectivity index (χ1) is 12.0. The summed E-state index contributed by atoms with van der Waals surface area (Å²) in [5, 5.41) is 11.1. The van der Waals surface area contributed by atoms with Crippen LogP contribution < -0.4 is 5.73 Å². The topological polar surface area (TPSA) is 94.6 Å². The van der Waals surface area contributed by atoms with Crippen molar-refractivity contribution < 1.29 is 19.4 Å². The van der Waals surface area contributed by atoms with Crippen molar-refractivity contribution in [2.24, 2.45) is 11.7 Å². The number of benzene rings is 1. The standard InChI is InChI=1S/C20H28N2O4/c1-7-26-18(24)15-12(4)22(10-11(2)3)13-8-9-14(23)17(16(13)15)20(5,6)19(21)25/h8-9,11,23H,7,10H2,1-6H3,(H2,21,25). The Labute approximate surface area is 153 Å². The third-order valence-electron chi connectivity index (χ3n) is 4.74. The molecule has 3 N–H and O–H groups in total. The summed E-state index contributed by atoms with van der Waals surface area (Å²) >= 11 is 0. The summed E-state index contributed by atoms with van der Waals surface area (Å²) in [7, 11) is 0. The molecule has 142 valence electrons. The maximum atomic E-state index is 12.7. The third kappa shape index (κ3) is 3.16. The number of nitrogens with zero attached hydrogens (tertiary/aromatic N) is 1. The summed E-state index contributed by atoms with van der Waals surface area (Å²) in [6.45, 7) is 12.0. The Balaban J connectivity index is 2.99. The van der Waals surface area contributed by atoms with Gasteiger partial charge in [-0.1, -0.05) is 13.8 Å². The normalized spacial score (nSPS) is 12.0. The Morgan fingerprint density at radius 2 is 1.92 bits per heavy atom. The van der Waals surface area contributed by atoms with Crippen LogP contribution in [0.4, 0.5) is 0 Å². The van der Waals surface area contributed by atoms with Crippen LogP contribution in [0.1, 0.15) is 56.2 Å². The van der Waals surface area contributed by atoms with E-state index < -0.39 is 17.3 Å². The zero-order valence-electron chi connectivity index (χ0n) is 16.3. The quantitative estimate of drug-likeness (QED) is 0.773. The van der Waals surface area contributed by atoms with E-state index in [2.05, 4.69) is 13.8 Å². The largest absolute Gasteiger partial charge is 0.508 e. The molecular weight excluding hydrogens is 332 g/mol. The highest BCUT2D eigenvalue weighted by atomic mass is 16.5. The lowest BCUT2D eigenvalue weighted by molar-refractivity contribution is -0.122. The van der Waals surface area contributed by atoms with Crippen LogP contribution in [0, 0.1) is 12.8 Å². The minimum absolute atomic E-state index is 0.0615. The number of phenolic OH excluding ortho intramolecular Hbond substituents is 1. The molecule has 0 spiro atoms. The minimum atomic E-state index is -1.15. The lowest BCUT2D eigenvalue weighted by Crippen LogP contribution is -2.35. The number of rotatable bonds is 6. The van der Waals surface area contributed by atoms with E-state index in [4.69, 9.17) is 10.5 Å². The fraction of sp³-hybridized carbons (Fsp3) is 0.500. The first-order valence-electron chi connectivity index (χ1n) is 8.86. The summed E-state index contributed by atoms with van der Waals surface area (Å²) in [4.78, 5) is 24.8. The zero-order valence-corrected chi connectivity index (χ0v) is 16.3. The predicted octanol–water partition coefficient (Wildman–Crippen LogP) is 3.25. The second-order valence-electron chi connectivity index (χ2n) is 7.53. The molecule has 0 aliphatic carbocycles. The summed E-state index contributed by atoms with van der Waals surface area (Å²) in [5.41, 5.74) is 6.71. The van der Waals surface area contributed by atoms with Crippen LogP contribution in [-0.2, 0) is 21.5 Å². The number of hydrogen-bond acceptors (Lipinski definition) is 4. The van der Waals surface area contributed by atoms with E-state index in [9.17, 15) is 14.7 Å². The van der Waals surface area contributed by atoms with Gasteiger partial charge in [-0.05, 0) is 45.7 Å². The van der Waals surface area contributed by atoms with Gasteiger partial charge in [0.25, 0.3) is 0 Å². The molecule has 2 rings (SSSR count). The molecule has 0 aliphatic rings. The van der Waals surface area contributed by atoms with E-state index in [1.54, 1.807) is 32.9 Å². The molecule has 1 aromatic heterocycles. The molecule has 26 heavy (non-hydrogen) atoms. The van der Waals surface area contributed by atoms with Crippen LogP contribution in [0.2, 0.25) is 0 Å². The summed E-state index contributed by atoms with van der Waals surface area (Å²) in [6, 6.07) is 3.32. The van der Waals surface area contributed by atoms with Gasteiger partial charge in [0.1, 0.15) is 5.75 Å². The van der Waals surface area contributed by atoms with Gasteiger partial charge in [0.15, 0.2) is 0 Å². The molecule has 0 saturated heterocycles. The van der Waals surface area contributed by atoms with Crippen molar-refractivity contribution in [2.75, 3.05) is 6.61 Å². The Bertz CT molecular complexity index is 863. The van der Waals surface area contributed by atoms with Crippen LogP contribution in [0.5, 0.6) is 5.75 Å². The molecule has 0 aliphatic heterocycles. The van der Waals surface area contributed by atoms with Crippen LogP contribution in [0.25, 0.3) is 10.9 Å². The second kappa shape index (κ2) is 7.02. The van der Waals surface area contributed by atoms with Gasteiger partial charge in [-0.25, -0.2) is 4.79 Å². The molecule has 1 aromatic carbocycles. The Morgan fingerprint density at radius 3 is 2.42 bits per heavy atom. The highest BCUT2D eigenvalue weighted by Gasteiger charge is 2.36. The van der Waals surface area contributed by atoms with E-state index >= 15 is 0 Å². The van der Waals surface area contributed by atoms with Crippen molar-refractivity contribution in [3.8, 4) is 5.75 Å². The molecule has 6 nitrogen and oxygen atoms in total. The predicted molar refractivity (Wildman–Crippen MR) is 101 cm³/mol. The number of carbonyl (C=O) groups excluding carboxylic acids is 2. The summed E-state index contributed by atoms with van der Waals surface area (Å²) in [5.74, 6) is -0.761. The SMILES string of the molecule is CCOC(=O)c1c(C)n(CC(C)C)c2ccc(O)c(C(C)(C)C(N)=O)c12. The van der Waals surface area contributed by atoms with Crippen molar-refractivity contribution in [2.45, 2.75) is 53.5 Å². The zero-order chi connectivity index (χ0) is 19.8. The number of hydrogen-bond donors (Lipinski definition) is 2. The van der Waals surface area contributed by atoms with Gasteiger partial charge < -0.3 is 20.1 Å². The molecular formula is C20H28N2O4. The number of aromatic hydroxyl groups is 1. The smallest absolute Gasteiger partial charge is 0.340 e. The van der Waals surface area contributed by atoms with Gasteiger partial charge in [-0.15, -0.1) is 0 Å². The average molecular weight is 360 g/mol. The molecule has 0 fully saturated rings. The average Bonchev–Trinajstić information content (AvgIpc) is 2.78. The van der Waals surface area contributed by atoms with Crippen molar-refractivity contribution in [1.29, 1.82) is 0 Å². The summed E-state index contributed by atoms with van der Waals surface area (Å²) in [6.07, 6.45) is 0. The number of carbonyl (C=O) groups is 2. The van der Waals surface area contributed by atoms with Crippen LogP contribution in [0.3, 0.4) is 0 Å². The molecule has 1 amide bonds. The van der Waals surface area contributed by atoms with Gasteiger partial charge in [-0.2, -0.15) is 0 Å².